The van der Waals surface area contributed by atoms with Crippen LogP contribution in [0, 0.1) is 11.6 Å². The molecule has 1 aromatic heterocycles. The third-order valence-electron chi connectivity index (χ3n) is 3.03. The molecule has 2 N–H and O–H groups in total. The second-order valence-electron chi connectivity index (χ2n) is 4.23. The van der Waals surface area contributed by atoms with Crippen molar-refractivity contribution in [2.45, 2.75) is 13.0 Å². The maximum absolute atomic E-state index is 13.3. The molecule has 0 amide bonds. The summed E-state index contributed by atoms with van der Waals surface area (Å²) in [6, 6.07) is 2.55. The van der Waals surface area contributed by atoms with E-state index >= 15 is 0 Å². The number of benzene rings is 1. The van der Waals surface area contributed by atoms with Crippen molar-refractivity contribution in [1.29, 1.82) is 0 Å². The fourth-order valence-corrected chi connectivity index (χ4v) is 2.90. The molecule has 0 saturated heterocycles. The Morgan fingerprint density at radius 3 is 2.83 bits per heavy atom. The lowest BCUT2D eigenvalue weighted by molar-refractivity contribution is 0.508. The summed E-state index contributed by atoms with van der Waals surface area (Å²) in [4.78, 5) is 7.02. The Labute approximate surface area is 107 Å². The van der Waals surface area contributed by atoms with Crippen molar-refractivity contribution in [2.24, 2.45) is 0 Å². The number of hydrogen-bond acceptors (Lipinski definition) is 4. The number of halogens is 2. The Morgan fingerprint density at radius 2 is 2.11 bits per heavy atom. The van der Waals surface area contributed by atoms with Gasteiger partial charge in [-0.15, -0.1) is 11.3 Å². The summed E-state index contributed by atoms with van der Waals surface area (Å²) < 4.78 is 26.4. The maximum Gasteiger partial charge on any atom is 0.180 e. The lowest BCUT2D eigenvalue weighted by Gasteiger charge is -2.18. The first-order valence-corrected chi connectivity index (χ1v) is 6.38. The van der Waals surface area contributed by atoms with Crippen LogP contribution in [0.25, 0.3) is 0 Å². The van der Waals surface area contributed by atoms with Crippen molar-refractivity contribution in [3.8, 4) is 0 Å². The second-order valence-corrected chi connectivity index (χ2v) is 5.38. The predicted octanol–water partition coefficient (Wildman–Crippen LogP) is 2.57. The van der Waals surface area contributed by atoms with E-state index in [1.807, 2.05) is 4.90 Å². The molecular formula is C12H11F2N3S. The third-order valence-corrected chi connectivity index (χ3v) is 3.84. The predicted molar refractivity (Wildman–Crippen MR) is 67.6 cm³/mol. The molecule has 2 aromatic rings. The van der Waals surface area contributed by atoms with Crippen molar-refractivity contribution in [2.75, 3.05) is 17.2 Å². The molecule has 0 aliphatic carbocycles. The molecule has 1 aliphatic rings. The quantitative estimate of drug-likeness (QED) is 0.909. The van der Waals surface area contributed by atoms with E-state index in [-0.39, 0.29) is 0 Å². The SMILES string of the molecule is Nc1ncc(CN2CCc3cc(F)c(F)cc32)s1. The van der Waals surface area contributed by atoms with E-state index in [1.54, 1.807) is 6.20 Å². The molecule has 0 spiro atoms. The van der Waals surface area contributed by atoms with Crippen molar-refractivity contribution in [3.05, 3.63) is 40.4 Å². The lowest BCUT2D eigenvalue weighted by Crippen LogP contribution is -2.19. The molecule has 2 heterocycles. The molecule has 18 heavy (non-hydrogen) atoms. The van der Waals surface area contributed by atoms with Gasteiger partial charge in [0.25, 0.3) is 0 Å². The van der Waals surface area contributed by atoms with Crippen molar-refractivity contribution in [3.63, 3.8) is 0 Å². The number of nitrogens with zero attached hydrogens (tertiary/aromatic N) is 2. The van der Waals surface area contributed by atoms with Gasteiger partial charge >= 0.3 is 0 Å². The van der Waals surface area contributed by atoms with E-state index in [4.69, 9.17) is 5.73 Å². The van der Waals surface area contributed by atoms with Gasteiger partial charge in [0.1, 0.15) is 0 Å². The molecule has 94 valence electrons. The van der Waals surface area contributed by atoms with Crippen LogP contribution in [0.1, 0.15) is 10.4 Å². The van der Waals surface area contributed by atoms with E-state index in [0.717, 1.165) is 29.1 Å². The van der Waals surface area contributed by atoms with Gasteiger partial charge < -0.3 is 10.6 Å². The third kappa shape index (κ3) is 1.92. The summed E-state index contributed by atoms with van der Waals surface area (Å²) in [5.41, 5.74) is 7.19. The highest BCUT2D eigenvalue weighted by molar-refractivity contribution is 7.15. The minimum absolute atomic E-state index is 0.523. The van der Waals surface area contributed by atoms with Gasteiger partial charge in [0.15, 0.2) is 16.8 Å². The number of rotatable bonds is 2. The van der Waals surface area contributed by atoms with E-state index in [2.05, 4.69) is 4.98 Å². The fraction of sp³-hybridized carbons (Fsp3) is 0.250. The smallest absolute Gasteiger partial charge is 0.180 e. The van der Waals surface area contributed by atoms with Gasteiger partial charge in [-0.05, 0) is 18.1 Å². The molecule has 0 radical (unpaired) electrons. The first-order chi connectivity index (χ1) is 8.63. The first-order valence-electron chi connectivity index (χ1n) is 5.56. The molecule has 0 bridgehead atoms. The number of hydrogen-bond donors (Lipinski definition) is 1. The molecule has 0 atom stereocenters. The van der Waals surface area contributed by atoms with E-state index in [1.165, 1.54) is 23.5 Å². The average Bonchev–Trinajstić information content (AvgIpc) is 2.89. The highest BCUT2D eigenvalue weighted by atomic mass is 32.1. The van der Waals surface area contributed by atoms with Crippen molar-refractivity contribution < 1.29 is 8.78 Å². The van der Waals surface area contributed by atoms with Gasteiger partial charge in [-0.1, -0.05) is 0 Å². The average molecular weight is 267 g/mol. The summed E-state index contributed by atoms with van der Waals surface area (Å²) in [7, 11) is 0. The zero-order chi connectivity index (χ0) is 12.7. The molecule has 0 fully saturated rings. The van der Waals surface area contributed by atoms with Gasteiger partial charge in [0, 0.05) is 29.4 Å². The van der Waals surface area contributed by atoms with Crippen LogP contribution in [0.4, 0.5) is 19.6 Å². The number of nitrogens with two attached hydrogens (primary N) is 1. The van der Waals surface area contributed by atoms with Crippen LogP contribution < -0.4 is 10.6 Å². The number of anilines is 2. The van der Waals surface area contributed by atoms with E-state index in [9.17, 15) is 8.78 Å². The molecule has 3 nitrogen and oxygen atoms in total. The number of nitrogen functional groups attached to an aromatic ring is 1. The lowest BCUT2D eigenvalue weighted by atomic mass is 10.1. The minimum atomic E-state index is -0.801. The van der Waals surface area contributed by atoms with Gasteiger partial charge in [0.05, 0.1) is 6.54 Å². The molecule has 1 aliphatic heterocycles. The van der Waals surface area contributed by atoms with Gasteiger partial charge in [-0.25, -0.2) is 13.8 Å². The Balaban J connectivity index is 1.88. The molecule has 0 saturated carbocycles. The van der Waals surface area contributed by atoms with Crippen LogP contribution in [0.5, 0.6) is 0 Å². The summed E-state index contributed by atoms with van der Waals surface area (Å²) in [6.07, 6.45) is 2.46. The summed E-state index contributed by atoms with van der Waals surface area (Å²) >= 11 is 1.41. The molecular weight excluding hydrogens is 256 g/mol. The topological polar surface area (TPSA) is 42.1 Å². The van der Waals surface area contributed by atoms with E-state index < -0.39 is 11.6 Å². The second kappa shape index (κ2) is 4.20. The van der Waals surface area contributed by atoms with Gasteiger partial charge in [-0.2, -0.15) is 0 Å². The number of aromatic nitrogens is 1. The minimum Gasteiger partial charge on any atom is -0.375 e. The van der Waals surface area contributed by atoms with Crippen molar-refractivity contribution in [1.82, 2.24) is 4.98 Å². The highest BCUT2D eigenvalue weighted by Gasteiger charge is 2.22. The Morgan fingerprint density at radius 1 is 1.33 bits per heavy atom. The van der Waals surface area contributed by atoms with Crippen LogP contribution in [0.15, 0.2) is 18.3 Å². The van der Waals surface area contributed by atoms with Crippen molar-refractivity contribution >= 4 is 22.2 Å². The van der Waals surface area contributed by atoms with Gasteiger partial charge in [0.2, 0.25) is 0 Å². The zero-order valence-electron chi connectivity index (χ0n) is 9.49. The fourth-order valence-electron chi connectivity index (χ4n) is 2.20. The molecule has 1 aromatic carbocycles. The van der Waals surface area contributed by atoms with E-state index in [0.29, 0.717) is 11.7 Å². The zero-order valence-corrected chi connectivity index (χ0v) is 10.3. The largest absolute Gasteiger partial charge is 0.375 e. The van der Waals surface area contributed by atoms with Crippen LogP contribution in [-0.2, 0) is 13.0 Å². The molecule has 3 rings (SSSR count). The Bertz CT molecular complexity index is 597. The maximum atomic E-state index is 13.3. The summed E-state index contributed by atoms with van der Waals surface area (Å²) in [5.74, 6) is -1.58. The molecule has 0 unspecified atom stereocenters. The highest BCUT2D eigenvalue weighted by Crippen LogP contribution is 2.32. The van der Waals surface area contributed by atoms with Gasteiger partial charge in [-0.3, -0.25) is 0 Å². The standard InChI is InChI=1S/C12H11F2N3S/c13-9-3-7-1-2-17(11(7)4-10(9)14)6-8-5-16-12(15)18-8/h3-5H,1-2,6H2,(H2,15,16). The normalized spacial score (nSPS) is 14.0. The summed E-state index contributed by atoms with van der Waals surface area (Å²) in [5, 5.41) is 0.523. The van der Waals surface area contributed by atoms with Crippen LogP contribution in [0.3, 0.4) is 0 Å². The van der Waals surface area contributed by atoms with Crippen LogP contribution in [0.2, 0.25) is 0 Å². The number of thiazole rings is 1. The summed E-state index contributed by atoms with van der Waals surface area (Å²) in [6.45, 7) is 1.39. The van der Waals surface area contributed by atoms with Crippen LogP contribution in [-0.4, -0.2) is 11.5 Å². The monoisotopic (exact) mass is 267 g/mol. The first kappa shape index (κ1) is 11.4. The Kier molecular flexibility index (Phi) is 2.66. The number of fused-ring (bicyclic) bond motifs is 1. The molecule has 6 heteroatoms. The van der Waals surface area contributed by atoms with Crippen LogP contribution >= 0.6 is 11.3 Å². The Hall–Kier alpha value is -1.69.